The highest BCUT2D eigenvalue weighted by atomic mass is 16.4. The smallest absolute Gasteiger partial charge is 0.328 e. The highest BCUT2D eigenvalue weighted by Crippen LogP contribution is 2.06. The topological polar surface area (TPSA) is 282 Å². The van der Waals surface area contributed by atoms with Crippen LogP contribution in [0, 0.1) is 0 Å². The Balaban J connectivity index is 5.52. The summed E-state index contributed by atoms with van der Waals surface area (Å²) in [5.41, 5.74) is 21.6. The molecular weight excluding hydrogens is 452 g/mol. The number of aliphatic imine (C=N–C) groups is 1. The third-order valence-electron chi connectivity index (χ3n) is 4.78. The quantitative estimate of drug-likeness (QED) is 0.0525. The number of hydrogen-bond acceptors (Lipinski definition) is 9. The molecule has 34 heavy (non-hydrogen) atoms. The van der Waals surface area contributed by atoms with Gasteiger partial charge in [0, 0.05) is 6.54 Å². The molecule has 0 aromatic rings. The molecule has 0 saturated heterocycles. The summed E-state index contributed by atoms with van der Waals surface area (Å²) in [6.45, 7) is 0.975. The fourth-order valence-electron chi connectivity index (χ4n) is 2.75. The predicted octanol–water partition coefficient (Wildman–Crippen LogP) is -4.59. The lowest BCUT2D eigenvalue weighted by Gasteiger charge is -2.25. The molecule has 5 atom stereocenters. The third-order valence-corrected chi connectivity index (χ3v) is 4.78. The normalized spacial score (nSPS) is 15.2. The third kappa shape index (κ3) is 12.3. The number of carbonyl (C=O) groups excluding carboxylic acids is 3. The maximum absolute atomic E-state index is 12.9. The summed E-state index contributed by atoms with van der Waals surface area (Å²) < 4.78 is 0. The van der Waals surface area contributed by atoms with E-state index in [2.05, 4.69) is 20.9 Å². The zero-order valence-corrected chi connectivity index (χ0v) is 19.3. The first-order chi connectivity index (χ1) is 15.9. The molecule has 0 aliphatic heterocycles. The number of aliphatic hydroxyl groups excluding tert-OH is 2. The number of guanidine groups is 1. The molecule has 0 aliphatic rings. The minimum Gasteiger partial charge on any atom is -0.480 e. The van der Waals surface area contributed by atoms with Crippen LogP contribution in [0.1, 0.15) is 39.0 Å². The van der Waals surface area contributed by atoms with Crippen LogP contribution in [0.25, 0.3) is 0 Å². The van der Waals surface area contributed by atoms with E-state index in [0.29, 0.717) is 19.4 Å². The molecule has 0 aliphatic carbocycles. The summed E-state index contributed by atoms with van der Waals surface area (Å²) in [5.74, 6) is -3.95. The van der Waals surface area contributed by atoms with Crippen molar-refractivity contribution in [2.24, 2.45) is 27.9 Å². The Morgan fingerprint density at radius 3 is 1.82 bits per heavy atom. The Morgan fingerprint density at radius 2 is 1.38 bits per heavy atom. The SMILES string of the molecule is CC(O)C(N)C(=O)NC(CCCCN)C(=O)NC(CCCN=C(N)N)C(=O)NC(CO)C(=O)O. The van der Waals surface area contributed by atoms with Gasteiger partial charge in [-0.25, -0.2) is 4.79 Å². The maximum atomic E-state index is 12.9. The molecule has 0 saturated carbocycles. The molecule has 196 valence electrons. The van der Waals surface area contributed by atoms with Gasteiger partial charge in [0.1, 0.15) is 24.2 Å². The Kier molecular flexibility index (Phi) is 15.1. The molecule has 3 amide bonds. The number of nitrogens with zero attached hydrogens (tertiary/aromatic N) is 1. The Hall–Kier alpha value is -3.01. The van der Waals surface area contributed by atoms with Gasteiger partial charge < -0.3 is 54.2 Å². The number of nitrogens with two attached hydrogens (primary N) is 4. The van der Waals surface area contributed by atoms with Gasteiger partial charge in [0.05, 0.1) is 12.7 Å². The predicted molar refractivity (Wildman–Crippen MR) is 123 cm³/mol. The van der Waals surface area contributed by atoms with E-state index in [9.17, 15) is 29.4 Å². The van der Waals surface area contributed by atoms with E-state index < -0.39 is 60.6 Å². The lowest BCUT2D eigenvalue weighted by atomic mass is 10.0. The standard InChI is InChI=1S/C19H38N8O7/c1-10(29)14(21)17(32)26-11(5-2-3-7-20)15(30)25-12(6-4-8-24-19(22)23)16(31)27-13(9-28)18(33)34/h10-14,28-29H,2-9,20-21H2,1H3,(H,25,30)(H,26,32)(H,27,31)(H,33,34)(H4,22,23,24). The summed E-state index contributed by atoms with van der Waals surface area (Å²) in [6, 6.07) is -5.16. The van der Waals surface area contributed by atoms with Crippen LogP contribution in [0.2, 0.25) is 0 Å². The first-order valence-electron chi connectivity index (χ1n) is 10.9. The van der Waals surface area contributed by atoms with Crippen LogP contribution >= 0.6 is 0 Å². The van der Waals surface area contributed by atoms with Gasteiger partial charge in [-0.1, -0.05) is 0 Å². The fraction of sp³-hybridized carbons (Fsp3) is 0.737. The minimum absolute atomic E-state index is 0.0305. The second kappa shape index (κ2) is 16.6. The van der Waals surface area contributed by atoms with Crippen LogP contribution in [0.5, 0.6) is 0 Å². The van der Waals surface area contributed by atoms with Gasteiger partial charge in [0.15, 0.2) is 5.96 Å². The summed E-state index contributed by atoms with van der Waals surface area (Å²) in [4.78, 5) is 52.8. The fourth-order valence-corrected chi connectivity index (χ4v) is 2.75. The van der Waals surface area contributed by atoms with Crippen molar-refractivity contribution in [2.45, 2.75) is 69.3 Å². The lowest BCUT2D eigenvalue weighted by Crippen LogP contribution is -2.58. The highest BCUT2D eigenvalue weighted by Gasteiger charge is 2.30. The van der Waals surface area contributed by atoms with Crippen molar-refractivity contribution in [3.8, 4) is 0 Å². The first kappa shape index (κ1) is 31.0. The number of hydrogen-bond donors (Lipinski definition) is 10. The number of aliphatic carboxylic acids is 1. The molecule has 15 heteroatoms. The van der Waals surface area contributed by atoms with Gasteiger partial charge in [-0.3, -0.25) is 19.4 Å². The average Bonchev–Trinajstić information content (AvgIpc) is 2.77. The average molecular weight is 491 g/mol. The van der Waals surface area contributed by atoms with Gasteiger partial charge in [0.2, 0.25) is 17.7 Å². The molecule has 0 radical (unpaired) electrons. The van der Waals surface area contributed by atoms with E-state index in [0.717, 1.165) is 0 Å². The number of nitrogens with one attached hydrogen (secondary N) is 3. The van der Waals surface area contributed by atoms with Crippen molar-refractivity contribution < 1.29 is 34.5 Å². The number of carbonyl (C=O) groups is 4. The van der Waals surface area contributed by atoms with Crippen molar-refractivity contribution in [1.29, 1.82) is 0 Å². The van der Waals surface area contributed by atoms with E-state index in [1.807, 2.05) is 0 Å². The Labute approximate surface area is 197 Å². The van der Waals surface area contributed by atoms with Crippen molar-refractivity contribution in [1.82, 2.24) is 16.0 Å². The van der Waals surface area contributed by atoms with Crippen molar-refractivity contribution in [2.75, 3.05) is 19.7 Å². The van der Waals surface area contributed by atoms with Crippen LogP contribution in [-0.2, 0) is 19.2 Å². The number of rotatable bonds is 17. The Morgan fingerprint density at radius 1 is 0.882 bits per heavy atom. The van der Waals surface area contributed by atoms with Crippen LogP contribution in [0.4, 0.5) is 0 Å². The number of amides is 3. The van der Waals surface area contributed by atoms with Gasteiger partial charge >= 0.3 is 5.97 Å². The number of carboxylic acids is 1. The minimum atomic E-state index is -1.58. The van der Waals surface area contributed by atoms with Gasteiger partial charge in [-0.2, -0.15) is 0 Å². The summed E-state index contributed by atoms with van der Waals surface area (Å²) in [5, 5.41) is 34.9. The second-order valence-electron chi connectivity index (χ2n) is 7.70. The van der Waals surface area contributed by atoms with E-state index in [-0.39, 0.29) is 31.8 Å². The van der Waals surface area contributed by atoms with E-state index >= 15 is 0 Å². The molecule has 0 heterocycles. The van der Waals surface area contributed by atoms with Crippen molar-refractivity contribution >= 4 is 29.7 Å². The van der Waals surface area contributed by atoms with Crippen molar-refractivity contribution in [3.63, 3.8) is 0 Å². The number of carboxylic acid groups (broad SMARTS) is 1. The largest absolute Gasteiger partial charge is 0.480 e. The molecule has 14 N–H and O–H groups in total. The molecular formula is C19H38N8O7. The van der Waals surface area contributed by atoms with E-state index in [1.54, 1.807) is 0 Å². The summed E-state index contributed by atoms with van der Waals surface area (Å²) in [6.07, 6.45) is 0.353. The molecule has 0 fully saturated rings. The lowest BCUT2D eigenvalue weighted by molar-refractivity contribution is -0.143. The van der Waals surface area contributed by atoms with Crippen LogP contribution in [0.3, 0.4) is 0 Å². The van der Waals surface area contributed by atoms with Gasteiger partial charge in [0.25, 0.3) is 0 Å². The molecule has 15 nitrogen and oxygen atoms in total. The van der Waals surface area contributed by atoms with Gasteiger partial charge in [-0.15, -0.1) is 0 Å². The molecule has 5 unspecified atom stereocenters. The van der Waals surface area contributed by atoms with Crippen LogP contribution < -0.4 is 38.9 Å². The first-order valence-corrected chi connectivity index (χ1v) is 10.9. The monoisotopic (exact) mass is 490 g/mol. The second-order valence-corrected chi connectivity index (χ2v) is 7.70. The highest BCUT2D eigenvalue weighted by molar-refractivity contribution is 5.94. The zero-order chi connectivity index (χ0) is 26.3. The van der Waals surface area contributed by atoms with E-state index in [4.69, 9.17) is 28.0 Å². The maximum Gasteiger partial charge on any atom is 0.328 e. The molecule has 0 aromatic heterocycles. The molecule has 0 bridgehead atoms. The zero-order valence-electron chi connectivity index (χ0n) is 19.3. The summed E-state index contributed by atoms with van der Waals surface area (Å²) in [7, 11) is 0. The van der Waals surface area contributed by atoms with Crippen LogP contribution in [-0.4, -0.2) is 94.9 Å². The number of aliphatic hydroxyl groups is 2. The molecule has 0 spiro atoms. The van der Waals surface area contributed by atoms with Crippen molar-refractivity contribution in [3.05, 3.63) is 0 Å². The molecule has 0 rings (SSSR count). The summed E-state index contributed by atoms with van der Waals surface area (Å²) >= 11 is 0. The molecule has 0 aromatic carbocycles. The Bertz CT molecular complexity index is 700. The van der Waals surface area contributed by atoms with E-state index in [1.165, 1.54) is 6.92 Å². The number of unbranched alkanes of at least 4 members (excludes halogenated alkanes) is 1. The van der Waals surface area contributed by atoms with Gasteiger partial charge in [-0.05, 0) is 45.6 Å². The van der Waals surface area contributed by atoms with Crippen LogP contribution in [0.15, 0.2) is 4.99 Å².